The number of hydrogen-bond acceptors (Lipinski definition) is 4. The third kappa shape index (κ3) is 2.76. The number of ether oxygens (including phenoxy) is 2. The van der Waals surface area contributed by atoms with Crippen LogP contribution in [0, 0.1) is 5.92 Å². The molecule has 1 aliphatic carbocycles. The first kappa shape index (κ1) is 13.2. The Balaban J connectivity index is 2.28. The van der Waals surface area contributed by atoms with Crippen LogP contribution in [0.25, 0.3) is 0 Å². The van der Waals surface area contributed by atoms with Crippen molar-refractivity contribution < 1.29 is 9.47 Å². The molecule has 1 aliphatic rings. The molecule has 3 N–H and O–H groups in total. The molecule has 4 heteroatoms. The minimum atomic E-state index is 0.177. The zero-order valence-electron chi connectivity index (χ0n) is 11.1. The predicted molar refractivity (Wildman–Crippen MR) is 71.6 cm³/mol. The van der Waals surface area contributed by atoms with Gasteiger partial charge in [0.15, 0.2) is 0 Å². The van der Waals surface area contributed by atoms with Gasteiger partial charge in [0.05, 0.1) is 14.2 Å². The van der Waals surface area contributed by atoms with Crippen molar-refractivity contribution in [2.45, 2.75) is 31.7 Å². The van der Waals surface area contributed by atoms with Crippen LogP contribution in [0.1, 0.15) is 37.3 Å². The van der Waals surface area contributed by atoms with Gasteiger partial charge in [-0.25, -0.2) is 0 Å². The van der Waals surface area contributed by atoms with Crippen molar-refractivity contribution in [3.05, 3.63) is 23.8 Å². The second-order valence-electron chi connectivity index (χ2n) is 4.83. The van der Waals surface area contributed by atoms with Crippen molar-refractivity contribution in [3.63, 3.8) is 0 Å². The van der Waals surface area contributed by atoms with Gasteiger partial charge in [-0.1, -0.05) is 12.8 Å². The highest BCUT2D eigenvalue weighted by Gasteiger charge is 2.26. The van der Waals surface area contributed by atoms with E-state index < -0.39 is 0 Å². The summed E-state index contributed by atoms with van der Waals surface area (Å²) in [5.74, 6) is 7.96. The van der Waals surface area contributed by atoms with Gasteiger partial charge in [-0.3, -0.25) is 11.3 Å². The smallest absolute Gasteiger partial charge is 0.122 e. The molecular weight excluding hydrogens is 228 g/mol. The summed E-state index contributed by atoms with van der Waals surface area (Å²) in [6, 6.07) is 6.12. The van der Waals surface area contributed by atoms with Crippen molar-refractivity contribution >= 4 is 0 Å². The average Bonchev–Trinajstić information content (AvgIpc) is 2.93. The van der Waals surface area contributed by atoms with Crippen molar-refractivity contribution in [1.82, 2.24) is 5.43 Å². The van der Waals surface area contributed by atoms with E-state index in [0.29, 0.717) is 5.92 Å². The van der Waals surface area contributed by atoms with Crippen LogP contribution in [0.2, 0.25) is 0 Å². The van der Waals surface area contributed by atoms with E-state index in [4.69, 9.17) is 15.3 Å². The maximum absolute atomic E-state index is 5.74. The van der Waals surface area contributed by atoms with E-state index in [1.807, 2.05) is 18.2 Å². The predicted octanol–water partition coefficient (Wildman–Crippen LogP) is 2.40. The Morgan fingerprint density at radius 1 is 1.11 bits per heavy atom. The van der Waals surface area contributed by atoms with Crippen LogP contribution in [0.4, 0.5) is 0 Å². The molecular formula is C14H22N2O2. The van der Waals surface area contributed by atoms with Crippen molar-refractivity contribution in [2.24, 2.45) is 11.8 Å². The lowest BCUT2D eigenvalue weighted by molar-refractivity contribution is 0.363. The largest absolute Gasteiger partial charge is 0.497 e. The van der Waals surface area contributed by atoms with E-state index in [1.54, 1.807) is 14.2 Å². The highest BCUT2D eigenvalue weighted by molar-refractivity contribution is 5.40. The van der Waals surface area contributed by atoms with Crippen LogP contribution >= 0.6 is 0 Å². The van der Waals surface area contributed by atoms with Gasteiger partial charge in [-0.2, -0.15) is 0 Å². The third-order valence-corrected chi connectivity index (χ3v) is 3.78. The number of nitrogens with two attached hydrogens (primary N) is 1. The molecule has 0 bridgehead atoms. The Kier molecular flexibility index (Phi) is 4.44. The number of methoxy groups -OCH3 is 2. The lowest BCUT2D eigenvalue weighted by Crippen LogP contribution is -2.32. The van der Waals surface area contributed by atoms with Gasteiger partial charge < -0.3 is 9.47 Å². The molecule has 0 saturated heterocycles. The Morgan fingerprint density at radius 3 is 2.11 bits per heavy atom. The first-order valence-electron chi connectivity index (χ1n) is 6.47. The summed E-state index contributed by atoms with van der Waals surface area (Å²) < 4.78 is 10.6. The molecule has 100 valence electrons. The van der Waals surface area contributed by atoms with Gasteiger partial charge in [-0.05, 0) is 36.5 Å². The molecule has 1 unspecified atom stereocenters. The summed E-state index contributed by atoms with van der Waals surface area (Å²) in [7, 11) is 3.33. The first-order chi connectivity index (χ1) is 8.78. The van der Waals surface area contributed by atoms with Crippen LogP contribution in [-0.4, -0.2) is 14.2 Å². The molecule has 0 aliphatic heterocycles. The molecule has 1 atom stereocenters. The second kappa shape index (κ2) is 6.07. The molecule has 0 radical (unpaired) electrons. The van der Waals surface area contributed by atoms with E-state index in [0.717, 1.165) is 17.1 Å². The topological polar surface area (TPSA) is 56.5 Å². The van der Waals surface area contributed by atoms with Gasteiger partial charge in [0, 0.05) is 12.1 Å². The lowest BCUT2D eigenvalue weighted by Gasteiger charge is -2.23. The Bertz CT molecular complexity index is 367. The molecule has 1 saturated carbocycles. The SMILES string of the molecule is COc1cc(OC)cc(C(NN)C2CCCC2)c1. The molecule has 1 fully saturated rings. The zero-order chi connectivity index (χ0) is 13.0. The molecule has 0 spiro atoms. The van der Waals surface area contributed by atoms with Crippen molar-refractivity contribution in [1.29, 1.82) is 0 Å². The molecule has 2 rings (SSSR count). The number of hydrogen-bond donors (Lipinski definition) is 2. The van der Waals surface area contributed by atoms with Crippen molar-refractivity contribution in [3.8, 4) is 11.5 Å². The summed E-state index contributed by atoms with van der Waals surface area (Å²) in [6.45, 7) is 0. The maximum Gasteiger partial charge on any atom is 0.122 e. The van der Waals surface area contributed by atoms with Gasteiger partial charge in [-0.15, -0.1) is 0 Å². The standard InChI is InChI=1S/C14H22N2O2/c1-17-12-7-11(8-13(9-12)18-2)14(16-15)10-5-3-4-6-10/h7-10,14,16H,3-6,15H2,1-2H3. The average molecular weight is 250 g/mol. The van der Waals surface area contributed by atoms with E-state index in [-0.39, 0.29) is 6.04 Å². The minimum absolute atomic E-state index is 0.177. The number of benzene rings is 1. The zero-order valence-corrected chi connectivity index (χ0v) is 11.1. The molecule has 18 heavy (non-hydrogen) atoms. The molecule has 0 amide bonds. The van der Waals surface area contributed by atoms with E-state index in [1.165, 1.54) is 25.7 Å². The van der Waals surface area contributed by atoms with E-state index in [2.05, 4.69) is 5.43 Å². The van der Waals surface area contributed by atoms with Crippen LogP contribution in [0.15, 0.2) is 18.2 Å². The lowest BCUT2D eigenvalue weighted by atomic mass is 9.92. The van der Waals surface area contributed by atoms with Crippen LogP contribution in [-0.2, 0) is 0 Å². The highest BCUT2D eigenvalue weighted by Crippen LogP contribution is 2.37. The number of rotatable bonds is 5. The first-order valence-corrected chi connectivity index (χ1v) is 6.47. The molecule has 1 aromatic carbocycles. The summed E-state index contributed by atoms with van der Waals surface area (Å²) in [5.41, 5.74) is 4.09. The van der Waals surface area contributed by atoms with Gasteiger partial charge in [0.1, 0.15) is 11.5 Å². The fourth-order valence-corrected chi connectivity index (χ4v) is 2.80. The highest BCUT2D eigenvalue weighted by atomic mass is 16.5. The summed E-state index contributed by atoms with van der Waals surface area (Å²) >= 11 is 0. The quantitative estimate of drug-likeness (QED) is 0.622. The normalized spacial score (nSPS) is 17.7. The Morgan fingerprint density at radius 2 is 1.67 bits per heavy atom. The Hall–Kier alpha value is -1.26. The molecule has 1 aromatic rings. The van der Waals surface area contributed by atoms with Crippen molar-refractivity contribution in [2.75, 3.05) is 14.2 Å². The minimum Gasteiger partial charge on any atom is -0.497 e. The van der Waals surface area contributed by atoms with Crippen LogP contribution in [0.5, 0.6) is 11.5 Å². The summed E-state index contributed by atoms with van der Waals surface area (Å²) in [5, 5.41) is 0. The number of hydrazine groups is 1. The monoisotopic (exact) mass is 250 g/mol. The number of nitrogens with one attached hydrogen (secondary N) is 1. The third-order valence-electron chi connectivity index (χ3n) is 3.78. The summed E-state index contributed by atoms with van der Waals surface area (Å²) in [6.07, 6.45) is 5.05. The summed E-state index contributed by atoms with van der Waals surface area (Å²) in [4.78, 5) is 0. The van der Waals surface area contributed by atoms with Gasteiger partial charge in [0.2, 0.25) is 0 Å². The maximum atomic E-state index is 5.74. The van der Waals surface area contributed by atoms with Crippen LogP contribution in [0.3, 0.4) is 0 Å². The van der Waals surface area contributed by atoms with Gasteiger partial charge >= 0.3 is 0 Å². The van der Waals surface area contributed by atoms with Gasteiger partial charge in [0.25, 0.3) is 0 Å². The van der Waals surface area contributed by atoms with E-state index in [9.17, 15) is 0 Å². The molecule has 0 aromatic heterocycles. The van der Waals surface area contributed by atoms with E-state index >= 15 is 0 Å². The molecule has 4 nitrogen and oxygen atoms in total. The molecule has 0 heterocycles. The fourth-order valence-electron chi connectivity index (χ4n) is 2.80. The van der Waals surface area contributed by atoms with Crippen LogP contribution < -0.4 is 20.7 Å². The second-order valence-corrected chi connectivity index (χ2v) is 4.83. The Labute approximate surface area is 108 Å². The fraction of sp³-hybridized carbons (Fsp3) is 0.571.